The lowest BCUT2D eigenvalue weighted by Crippen LogP contribution is -2.19. The number of aromatic nitrogens is 1. The first kappa shape index (κ1) is 13.5. The Bertz CT molecular complexity index is 751. The van der Waals surface area contributed by atoms with Crippen molar-refractivity contribution < 1.29 is 4.79 Å². The van der Waals surface area contributed by atoms with Gasteiger partial charge in [0.15, 0.2) is 0 Å². The zero-order chi connectivity index (χ0) is 14.7. The Hall–Kier alpha value is -2.46. The lowest BCUT2D eigenvalue weighted by molar-refractivity contribution is 0.250. The van der Waals surface area contributed by atoms with Crippen molar-refractivity contribution in [3.8, 4) is 11.3 Å². The molecule has 21 heavy (non-hydrogen) atoms. The fourth-order valence-corrected chi connectivity index (χ4v) is 3.16. The van der Waals surface area contributed by atoms with Crippen LogP contribution in [0.5, 0.6) is 0 Å². The van der Waals surface area contributed by atoms with Gasteiger partial charge in [-0.2, -0.15) is 0 Å². The molecule has 0 aliphatic carbocycles. The number of hydrogen-bond donors (Lipinski definition) is 1. The molecule has 0 aliphatic heterocycles. The molecule has 3 rings (SSSR count). The largest absolute Gasteiger partial charge is 0.351 e. The second-order valence-electron chi connectivity index (χ2n) is 4.52. The molecule has 0 unspecified atom stereocenters. The number of amides is 1. The third-order valence-corrected chi connectivity index (χ3v) is 4.16. The molecule has 1 amide bonds. The van der Waals surface area contributed by atoms with Crippen molar-refractivity contribution in [1.29, 1.82) is 0 Å². The fraction of sp³-hybridized carbons (Fsp3) is 0. The maximum absolute atomic E-state index is 11.6. The molecular formula is C17H14N2OS. The van der Waals surface area contributed by atoms with Gasteiger partial charge in [-0.15, -0.1) is 0 Å². The van der Waals surface area contributed by atoms with Crippen LogP contribution in [0.1, 0.15) is 0 Å². The molecule has 0 aliphatic rings. The van der Waals surface area contributed by atoms with Crippen LogP contribution in [0.2, 0.25) is 0 Å². The molecule has 0 radical (unpaired) electrons. The van der Waals surface area contributed by atoms with E-state index in [9.17, 15) is 4.79 Å². The minimum Gasteiger partial charge on any atom is -0.351 e. The maximum Gasteiger partial charge on any atom is 0.323 e. The number of carbonyl (C=O) groups excluding carboxylic acids is 1. The van der Waals surface area contributed by atoms with E-state index in [1.807, 2.05) is 66.7 Å². The van der Waals surface area contributed by atoms with Gasteiger partial charge < -0.3 is 5.73 Å². The van der Waals surface area contributed by atoms with E-state index in [0.717, 1.165) is 21.0 Å². The summed E-state index contributed by atoms with van der Waals surface area (Å²) in [7, 11) is 0. The molecule has 1 aromatic heterocycles. The Kier molecular flexibility index (Phi) is 3.79. The smallest absolute Gasteiger partial charge is 0.323 e. The first-order chi connectivity index (χ1) is 10.3. The van der Waals surface area contributed by atoms with Gasteiger partial charge in [-0.05, 0) is 23.8 Å². The highest BCUT2D eigenvalue weighted by Gasteiger charge is 2.15. The summed E-state index contributed by atoms with van der Waals surface area (Å²) in [4.78, 5) is 13.8. The number of nitrogens with zero attached hydrogens (tertiary/aromatic N) is 1. The topological polar surface area (TPSA) is 48.0 Å². The molecular weight excluding hydrogens is 280 g/mol. The molecule has 4 heteroatoms. The Balaban J connectivity index is 2.07. The number of primary amides is 1. The van der Waals surface area contributed by atoms with Gasteiger partial charge in [0.1, 0.15) is 0 Å². The average Bonchev–Trinajstić information content (AvgIpc) is 2.93. The van der Waals surface area contributed by atoms with Crippen LogP contribution in [0.15, 0.2) is 82.7 Å². The molecule has 0 fully saturated rings. The van der Waals surface area contributed by atoms with Crippen LogP contribution in [0.4, 0.5) is 4.79 Å². The lowest BCUT2D eigenvalue weighted by atomic mass is 10.1. The third kappa shape index (κ3) is 2.85. The highest BCUT2D eigenvalue weighted by molar-refractivity contribution is 7.99. The van der Waals surface area contributed by atoms with Crippen molar-refractivity contribution in [1.82, 2.24) is 4.57 Å². The fourth-order valence-electron chi connectivity index (χ4n) is 2.17. The van der Waals surface area contributed by atoms with Gasteiger partial charge in [-0.1, -0.05) is 60.3 Å². The molecule has 0 spiro atoms. The lowest BCUT2D eigenvalue weighted by Gasteiger charge is -2.08. The van der Waals surface area contributed by atoms with E-state index in [1.54, 1.807) is 18.0 Å². The van der Waals surface area contributed by atoms with E-state index < -0.39 is 6.03 Å². The summed E-state index contributed by atoms with van der Waals surface area (Å²) in [6.07, 6.45) is 1.72. The van der Waals surface area contributed by atoms with Crippen molar-refractivity contribution in [3.63, 3.8) is 0 Å². The Labute approximate surface area is 127 Å². The van der Waals surface area contributed by atoms with Crippen molar-refractivity contribution in [3.05, 3.63) is 72.9 Å². The zero-order valence-corrected chi connectivity index (χ0v) is 12.1. The number of hydrogen-bond acceptors (Lipinski definition) is 2. The Morgan fingerprint density at radius 2 is 1.52 bits per heavy atom. The Morgan fingerprint density at radius 1 is 0.905 bits per heavy atom. The average molecular weight is 294 g/mol. The molecule has 0 saturated carbocycles. The molecule has 2 N–H and O–H groups in total. The predicted molar refractivity (Wildman–Crippen MR) is 85.4 cm³/mol. The number of rotatable bonds is 3. The van der Waals surface area contributed by atoms with Gasteiger partial charge in [-0.3, -0.25) is 4.57 Å². The maximum atomic E-state index is 11.6. The predicted octanol–water partition coefficient (Wildman–Crippen LogP) is 4.23. The quantitative estimate of drug-likeness (QED) is 0.785. The van der Waals surface area contributed by atoms with Crippen molar-refractivity contribution in [2.45, 2.75) is 9.79 Å². The molecule has 3 aromatic rings. The van der Waals surface area contributed by atoms with Gasteiger partial charge >= 0.3 is 6.03 Å². The second kappa shape index (κ2) is 5.89. The highest BCUT2D eigenvalue weighted by Crippen LogP contribution is 2.36. The van der Waals surface area contributed by atoms with Crippen LogP contribution in [0, 0.1) is 0 Å². The molecule has 1 heterocycles. The molecule has 104 valence electrons. The van der Waals surface area contributed by atoms with Crippen molar-refractivity contribution >= 4 is 17.8 Å². The highest BCUT2D eigenvalue weighted by atomic mass is 32.2. The van der Waals surface area contributed by atoms with E-state index in [2.05, 4.69) is 0 Å². The van der Waals surface area contributed by atoms with E-state index in [4.69, 9.17) is 5.73 Å². The monoisotopic (exact) mass is 294 g/mol. The third-order valence-electron chi connectivity index (χ3n) is 3.10. The Morgan fingerprint density at radius 3 is 2.14 bits per heavy atom. The minimum absolute atomic E-state index is 0.478. The first-order valence-corrected chi connectivity index (χ1v) is 7.37. The second-order valence-corrected chi connectivity index (χ2v) is 5.63. The summed E-state index contributed by atoms with van der Waals surface area (Å²) >= 11 is 1.62. The van der Waals surface area contributed by atoms with Gasteiger partial charge in [0.25, 0.3) is 0 Å². The minimum atomic E-state index is -0.478. The summed E-state index contributed by atoms with van der Waals surface area (Å²) in [5.74, 6) is 0. The molecule has 0 bridgehead atoms. The molecule has 2 aromatic carbocycles. The van der Waals surface area contributed by atoms with E-state index in [-0.39, 0.29) is 0 Å². The summed E-state index contributed by atoms with van der Waals surface area (Å²) in [6.45, 7) is 0. The summed E-state index contributed by atoms with van der Waals surface area (Å²) in [5.41, 5.74) is 7.28. The van der Waals surface area contributed by atoms with E-state index in [1.165, 1.54) is 4.57 Å². The molecule has 3 nitrogen and oxygen atoms in total. The van der Waals surface area contributed by atoms with Crippen LogP contribution in [0.25, 0.3) is 11.3 Å². The van der Waals surface area contributed by atoms with Crippen LogP contribution >= 0.6 is 11.8 Å². The number of carbonyl (C=O) groups is 1. The summed E-state index contributed by atoms with van der Waals surface area (Å²) in [6, 6.07) is 21.3. The SMILES string of the molecule is NC(=O)n1ccc(Sc2ccccc2)c1-c1ccccc1. The van der Waals surface area contributed by atoms with Crippen molar-refractivity contribution in [2.75, 3.05) is 0 Å². The van der Waals surface area contributed by atoms with E-state index >= 15 is 0 Å². The van der Waals surface area contributed by atoms with Gasteiger partial charge in [0.2, 0.25) is 0 Å². The van der Waals surface area contributed by atoms with Crippen LogP contribution < -0.4 is 5.73 Å². The van der Waals surface area contributed by atoms with Crippen molar-refractivity contribution in [2.24, 2.45) is 5.73 Å². The normalized spacial score (nSPS) is 10.5. The van der Waals surface area contributed by atoms with Crippen LogP contribution in [0.3, 0.4) is 0 Å². The van der Waals surface area contributed by atoms with E-state index in [0.29, 0.717) is 0 Å². The summed E-state index contributed by atoms with van der Waals surface area (Å²) in [5, 5.41) is 0. The summed E-state index contributed by atoms with van der Waals surface area (Å²) < 4.78 is 1.49. The van der Waals surface area contributed by atoms with Gasteiger partial charge in [-0.25, -0.2) is 4.79 Å². The zero-order valence-electron chi connectivity index (χ0n) is 11.3. The first-order valence-electron chi connectivity index (χ1n) is 6.55. The molecule has 0 atom stereocenters. The number of benzene rings is 2. The standard InChI is InChI=1S/C17H14N2OS/c18-17(20)19-12-11-15(21-14-9-5-2-6-10-14)16(19)13-7-3-1-4-8-13/h1-12H,(H2,18,20). The number of nitrogens with two attached hydrogens (primary N) is 1. The van der Waals surface area contributed by atoms with Gasteiger partial charge in [0.05, 0.1) is 5.69 Å². The van der Waals surface area contributed by atoms with Gasteiger partial charge in [0, 0.05) is 16.0 Å². The van der Waals surface area contributed by atoms with Crippen LogP contribution in [-0.2, 0) is 0 Å². The molecule has 0 saturated heterocycles. The van der Waals surface area contributed by atoms with Crippen LogP contribution in [-0.4, -0.2) is 10.6 Å².